The van der Waals surface area contributed by atoms with Gasteiger partial charge in [-0.05, 0) is 43.2 Å². The van der Waals surface area contributed by atoms with E-state index in [1.165, 1.54) is 0 Å². The number of hydrogen-bond acceptors (Lipinski definition) is 4. The van der Waals surface area contributed by atoms with E-state index in [4.69, 9.17) is 10.5 Å². The third-order valence-electron chi connectivity index (χ3n) is 3.57. The van der Waals surface area contributed by atoms with Crippen molar-refractivity contribution in [3.63, 3.8) is 0 Å². The van der Waals surface area contributed by atoms with Gasteiger partial charge in [0.25, 0.3) is 5.56 Å². The zero-order chi connectivity index (χ0) is 16.3. The lowest BCUT2D eigenvalue weighted by atomic mass is 10.0. The number of nitrogen functional groups attached to an aromatic ring is 1. The molecule has 0 radical (unpaired) electrons. The second kappa shape index (κ2) is 6.66. The number of rotatable bonds is 5. The second-order valence-electron chi connectivity index (χ2n) is 5.63. The Balaban J connectivity index is 2.39. The van der Waals surface area contributed by atoms with Crippen LogP contribution < -0.4 is 16.6 Å². The molecule has 0 bridgehead atoms. The quantitative estimate of drug-likeness (QED) is 0.832. The smallest absolute Gasteiger partial charge is 0.253 e. The van der Waals surface area contributed by atoms with E-state index in [2.05, 4.69) is 5.32 Å². The normalized spacial score (nSPS) is 12.2. The van der Waals surface area contributed by atoms with Crippen molar-refractivity contribution >= 4 is 11.4 Å². The summed E-state index contributed by atoms with van der Waals surface area (Å²) in [6.45, 7) is 4.46. The number of aryl methyl sites for hydroxylation is 2. The largest absolute Gasteiger partial charge is 0.397 e. The van der Waals surface area contributed by atoms with Crippen LogP contribution >= 0.6 is 0 Å². The summed E-state index contributed by atoms with van der Waals surface area (Å²) in [7, 11) is 3.43. The molecule has 3 N–H and O–H groups in total. The molecule has 1 heterocycles. The van der Waals surface area contributed by atoms with Crippen LogP contribution in [0.1, 0.15) is 12.5 Å². The van der Waals surface area contributed by atoms with Crippen molar-refractivity contribution < 1.29 is 4.74 Å². The fourth-order valence-corrected chi connectivity index (χ4v) is 2.45. The summed E-state index contributed by atoms with van der Waals surface area (Å²) in [6.07, 6.45) is 1.84. The zero-order valence-corrected chi connectivity index (χ0v) is 13.5. The lowest BCUT2D eigenvalue weighted by Crippen LogP contribution is -2.21. The summed E-state index contributed by atoms with van der Waals surface area (Å²) >= 11 is 0. The highest BCUT2D eigenvalue weighted by Crippen LogP contribution is 2.27. The van der Waals surface area contributed by atoms with E-state index < -0.39 is 0 Å². The maximum absolute atomic E-state index is 11.8. The van der Waals surface area contributed by atoms with Gasteiger partial charge in [-0.15, -0.1) is 0 Å². The van der Waals surface area contributed by atoms with Crippen molar-refractivity contribution in [2.45, 2.75) is 19.9 Å². The Bertz CT molecular complexity index is 696. The van der Waals surface area contributed by atoms with E-state index in [0.29, 0.717) is 12.3 Å². The molecule has 0 unspecified atom stereocenters. The van der Waals surface area contributed by atoms with E-state index in [1.807, 2.05) is 44.3 Å². The number of nitrogens with two attached hydrogens (primary N) is 1. The maximum Gasteiger partial charge on any atom is 0.253 e. The van der Waals surface area contributed by atoms with Gasteiger partial charge in [0.2, 0.25) is 0 Å². The number of nitrogens with one attached hydrogen (secondary N) is 1. The molecule has 0 aliphatic carbocycles. The molecule has 0 aliphatic heterocycles. The Labute approximate surface area is 130 Å². The predicted octanol–water partition coefficient (Wildman–Crippen LogP) is 2.39. The third-order valence-corrected chi connectivity index (χ3v) is 3.57. The number of pyridine rings is 1. The molecule has 0 amide bonds. The van der Waals surface area contributed by atoms with Crippen molar-refractivity contribution in [1.82, 2.24) is 4.57 Å². The van der Waals surface area contributed by atoms with Gasteiger partial charge in [0.05, 0.1) is 18.0 Å². The van der Waals surface area contributed by atoms with Gasteiger partial charge < -0.3 is 20.4 Å². The van der Waals surface area contributed by atoms with Crippen LogP contribution in [0.4, 0.5) is 11.4 Å². The predicted molar refractivity (Wildman–Crippen MR) is 91.2 cm³/mol. The summed E-state index contributed by atoms with van der Waals surface area (Å²) in [5, 5.41) is 3.34. The van der Waals surface area contributed by atoms with E-state index >= 15 is 0 Å². The monoisotopic (exact) mass is 301 g/mol. The Hall–Kier alpha value is -2.27. The molecule has 1 aromatic carbocycles. The van der Waals surface area contributed by atoms with E-state index in [-0.39, 0.29) is 11.6 Å². The minimum Gasteiger partial charge on any atom is -0.397 e. The van der Waals surface area contributed by atoms with Crippen molar-refractivity contribution in [3.8, 4) is 11.1 Å². The highest BCUT2D eigenvalue weighted by molar-refractivity contribution is 5.76. The molecule has 5 heteroatoms. The van der Waals surface area contributed by atoms with Gasteiger partial charge in [-0.3, -0.25) is 4.79 Å². The Kier molecular flexibility index (Phi) is 4.88. The molecule has 0 spiro atoms. The van der Waals surface area contributed by atoms with Gasteiger partial charge in [0.1, 0.15) is 0 Å². The van der Waals surface area contributed by atoms with Crippen LogP contribution in [0.2, 0.25) is 0 Å². The lowest BCUT2D eigenvalue weighted by molar-refractivity contribution is 0.190. The Morgan fingerprint density at radius 3 is 2.68 bits per heavy atom. The van der Waals surface area contributed by atoms with Gasteiger partial charge in [0, 0.05) is 32.0 Å². The number of hydrogen-bond donors (Lipinski definition) is 2. The third kappa shape index (κ3) is 3.49. The van der Waals surface area contributed by atoms with Gasteiger partial charge in [0.15, 0.2) is 0 Å². The van der Waals surface area contributed by atoms with Gasteiger partial charge in [-0.1, -0.05) is 6.07 Å². The molecule has 1 atom stereocenters. The van der Waals surface area contributed by atoms with Gasteiger partial charge >= 0.3 is 0 Å². The molecule has 2 aromatic rings. The molecular weight excluding hydrogens is 278 g/mol. The van der Waals surface area contributed by atoms with Crippen molar-refractivity contribution in [2.75, 3.05) is 24.8 Å². The van der Waals surface area contributed by atoms with E-state index in [9.17, 15) is 4.79 Å². The number of ether oxygens (including phenoxy) is 1. The summed E-state index contributed by atoms with van der Waals surface area (Å²) in [5.74, 6) is 0. The number of benzene rings is 1. The van der Waals surface area contributed by atoms with Crippen molar-refractivity contribution in [3.05, 3.63) is 46.4 Å². The van der Waals surface area contributed by atoms with E-state index in [1.54, 1.807) is 18.7 Å². The fourth-order valence-electron chi connectivity index (χ4n) is 2.45. The van der Waals surface area contributed by atoms with Crippen molar-refractivity contribution in [1.29, 1.82) is 0 Å². The van der Waals surface area contributed by atoms with Crippen LogP contribution in [0.5, 0.6) is 0 Å². The van der Waals surface area contributed by atoms with Crippen molar-refractivity contribution in [2.24, 2.45) is 7.05 Å². The molecule has 0 aliphatic rings. The van der Waals surface area contributed by atoms with Gasteiger partial charge in [-0.2, -0.15) is 0 Å². The average molecular weight is 301 g/mol. The topological polar surface area (TPSA) is 69.3 Å². The Morgan fingerprint density at radius 1 is 1.32 bits per heavy atom. The summed E-state index contributed by atoms with van der Waals surface area (Å²) in [6, 6.07) is 7.89. The minimum atomic E-state index is 0.0197. The summed E-state index contributed by atoms with van der Waals surface area (Å²) in [4.78, 5) is 11.8. The molecule has 22 heavy (non-hydrogen) atoms. The first-order valence-electron chi connectivity index (χ1n) is 7.25. The first-order chi connectivity index (χ1) is 10.4. The van der Waals surface area contributed by atoms with Crippen LogP contribution in [-0.2, 0) is 11.8 Å². The molecule has 0 fully saturated rings. The summed E-state index contributed by atoms with van der Waals surface area (Å²) < 4.78 is 6.73. The maximum atomic E-state index is 11.8. The number of anilines is 2. The van der Waals surface area contributed by atoms with Crippen LogP contribution in [0, 0.1) is 6.92 Å². The summed E-state index contributed by atoms with van der Waals surface area (Å²) in [5.41, 5.74) is 10.3. The van der Waals surface area contributed by atoms with Crippen LogP contribution in [-0.4, -0.2) is 24.3 Å². The lowest BCUT2D eigenvalue weighted by Gasteiger charge is -2.17. The number of methoxy groups -OCH3 is 1. The Morgan fingerprint density at radius 2 is 2.05 bits per heavy atom. The minimum absolute atomic E-state index is 0.0197. The number of aromatic nitrogens is 1. The molecule has 2 rings (SSSR count). The van der Waals surface area contributed by atoms with Crippen LogP contribution in [0.25, 0.3) is 11.1 Å². The van der Waals surface area contributed by atoms with E-state index in [0.717, 1.165) is 22.4 Å². The molecule has 0 saturated heterocycles. The number of nitrogens with zero attached hydrogens (tertiary/aromatic N) is 1. The average Bonchev–Trinajstić information content (AvgIpc) is 2.47. The first kappa shape index (κ1) is 16.1. The molecule has 118 valence electrons. The molecule has 1 aromatic heterocycles. The van der Waals surface area contributed by atoms with Crippen LogP contribution in [0.15, 0.2) is 35.3 Å². The first-order valence-corrected chi connectivity index (χ1v) is 7.25. The van der Waals surface area contributed by atoms with Crippen LogP contribution in [0.3, 0.4) is 0 Å². The zero-order valence-electron chi connectivity index (χ0n) is 13.5. The fraction of sp³-hybridized carbons (Fsp3) is 0.353. The second-order valence-corrected chi connectivity index (χ2v) is 5.63. The standard InChI is InChI=1S/C17H23N3O2/c1-11-7-14(9-20(3)17(11)21)13-5-6-15(18)16(8-13)19-12(2)10-22-4/h5-9,12,19H,10,18H2,1-4H3/t12-/m1/s1. The van der Waals surface area contributed by atoms with Gasteiger partial charge in [-0.25, -0.2) is 0 Å². The highest BCUT2D eigenvalue weighted by atomic mass is 16.5. The highest BCUT2D eigenvalue weighted by Gasteiger charge is 2.08. The SMILES string of the molecule is COC[C@@H](C)Nc1cc(-c2cc(C)c(=O)n(C)c2)ccc1N. The molecule has 5 nitrogen and oxygen atoms in total. The molecular formula is C17H23N3O2. The molecule has 0 saturated carbocycles.